The lowest BCUT2D eigenvalue weighted by atomic mass is 9.78. The number of nitrogens with zero attached hydrogens (tertiary/aromatic N) is 1. The second kappa shape index (κ2) is 8.82. The lowest BCUT2D eigenvalue weighted by Gasteiger charge is -2.38. The number of allylic oxidation sites excluding steroid dienone is 4. The van der Waals surface area contributed by atoms with Crippen LogP contribution in [0, 0.1) is 0 Å². The van der Waals surface area contributed by atoms with E-state index in [1.807, 2.05) is 32.7 Å². The molecule has 1 N–H and O–H groups in total. The van der Waals surface area contributed by atoms with Crippen molar-refractivity contribution in [2.24, 2.45) is 0 Å². The van der Waals surface area contributed by atoms with E-state index in [1.54, 1.807) is 13.8 Å². The van der Waals surface area contributed by atoms with E-state index >= 15 is 0 Å². The van der Waals surface area contributed by atoms with Crippen molar-refractivity contribution in [3.63, 3.8) is 0 Å². The van der Waals surface area contributed by atoms with Crippen LogP contribution in [0.25, 0.3) is 58.4 Å². The van der Waals surface area contributed by atoms with Gasteiger partial charge in [0.2, 0.25) is 0 Å². The van der Waals surface area contributed by atoms with Crippen LogP contribution in [0.2, 0.25) is 0 Å². The van der Waals surface area contributed by atoms with Gasteiger partial charge in [-0.15, -0.1) is 11.3 Å². The standard InChI is InChI=1S/C34H31BNO2S/c1-33(2,37)34(3,4)38-35-21-17-19-22(20-18-21)36-27-15-9-7-13-25(27)29-23-11-5-6-12-24(23)30-26-14-8-10-16-28(26)39-32(30)31(29)36/h5-17,19,37H,18,20H2,1-4H3. The Bertz CT molecular complexity index is 1980. The van der Waals surface area contributed by atoms with Gasteiger partial charge in [-0.3, -0.25) is 0 Å². The van der Waals surface area contributed by atoms with E-state index in [1.165, 1.54) is 58.4 Å². The molecule has 3 nitrogen and oxygen atoms in total. The van der Waals surface area contributed by atoms with Gasteiger partial charge in [-0.2, -0.15) is 0 Å². The van der Waals surface area contributed by atoms with Crippen molar-refractivity contribution in [3.8, 4) is 0 Å². The molecule has 0 spiro atoms. The molecule has 1 aliphatic carbocycles. The van der Waals surface area contributed by atoms with Gasteiger partial charge in [-0.1, -0.05) is 72.2 Å². The number of aliphatic hydroxyl groups is 1. The summed E-state index contributed by atoms with van der Waals surface area (Å²) in [6.07, 6.45) is 6.20. The molecule has 0 bridgehead atoms. The summed E-state index contributed by atoms with van der Waals surface area (Å²) in [4.78, 5) is 0. The molecule has 0 saturated carbocycles. The molecule has 193 valence electrons. The number of hydrogen-bond donors (Lipinski definition) is 1. The number of aromatic nitrogens is 1. The van der Waals surface area contributed by atoms with E-state index in [4.69, 9.17) is 4.65 Å². The fraction of sp³-hybridized carbons (Fsp3) is 0.235. The third kappa shape index (κ3) is 3.79. The van der Waals surface area contributed by atoms with Crippen LogP contribution in [-0.2, 0) is 4.65 Å². The zero-order chi connectivity index (χ0) is 26.9. The average molecular weight is 529 g/mol. The van der Waals surface area contributed by atoms with Crippen LogP contribution in [0.5, 0.6) is 0 Å². The Morgan fingerprint density at radius 3 is 2.10 bits per heavy atom. The molecule has 4 aromatic carbocycles. The Hall–Kier alpha value is -3.38. The highest BCUT2D eigenvalue weighted by Gasteiger charge is 2.36. The summed E-state index contributed by atoms with van der Waals surface area (Å²) in [5.74, 6) is 0. The molecule has 7 rings (SSSR count). The Morgan fingerprint density at radius 2 is 1.41 bits per heavy atom. The monoisotopic (exact) mass is 528 g/mol. The summed E-state index contributed by atoms with van der Waals surface area (Å²) in [5.41, 5.74) is 3.34. The summed E-state index contributed by atoms with van der Waals surface area (Å²) < 4.78 is 11.2. The van der Waals surface area contributed by atoms with Crippen molar-refractivity contribution >= 4 is 77.3 Å². The van der Waals surface area contributed by atoms with Crippen molar-refractivity contribution < 1.29 is 9.76 Å². The average Bonchev–Trinajstić information content (AvgIpc) is 3.49. The van der Waals surface area contributed by atoms with Crippen LogP contribution < -0.4 is 0 Å². The molecule has 2 heterocycles. The first-order chi connectivity index (χ1) is 18.7. The first-order valence-electron chi connectivity index (χ1n) is 13.6. The second-order valence-corrected chi connectivity index (χ2v) is 12.7. The van der Waals surface area contributed by atoms with Crippen LogP contribution >= 0.6 is 11.3 Å². The molecule has 0 amide bonds. The zero-order valence-corrected chi connectivity index (χ0v) is 23.6. The van der Waals surface area contributed by atoms with Crippen molar-refractivity contribution in [3.05, 3.63) is 90.4 Å². The molecule has 0 atom stereocenters. The first kappa shape index (κ1) is 24.7. The number of thiophene rings is 1. The summed E-state index contributed by atoms with van der Waals surface area (Å²) in [5, 5.41) is 18.4. The molecule has 2 aromatic heterocycles. The molecule has 39 heavy (non-hydrogen) atoms. The second-order valence-electron chi connectivity index (χ2n) is 11.6. The summed E-state index contributed by atoms with van der Waals surface area (Å²) in [6, 6.07) is 26.5. The van der Waals surface area contributed by atoms with Gasteiger partial charge in [-0.05, 0) is 69.5 Å². The Labute approximate surface area is 233 Å². The molecule has 5 heteroatoms. The van der Waals surface area contributed by atoms with Crippen LogP contribution in [0.1, 0.15) is 40.5 Å². The van der Waals surface area contributed by atoms with Gasteiger partial charge in [0.1, 0.15) is 0 Å². The predicted octanol–water partition coefficient (Wildman–Crippen LogP) is 9.02. The summed E-state index contributed by atoms with van der Waals surface area (Å²) >= 11 is 1.90. The minimum atomic E-state index is -0.943. The lowest BCUT2D eigenvalue weighted by molar-refractivity contribution is -0.0897. The predicted molar refractivity (Wildman–Crippen MR) is 169 cm³/mol. The molecule has 6 aromatic rings. The molecular formula is C34H31BNO2S. The van der Waals surface area contributed by atoms with Gasteiger partial charge in [0.15, 0.2) is 0 Å². The maximum atomic E-state index is 10.5. The summed E-state index contributed by atoms with van der Waals surface area (Å²) in [7, 11) is 1.83. The fourth-order valence-electron chi connectivity index (χ4n) is 5.72. The summed E-state index contributed by atoms with van der Waals surface area (Å²) in [6.45, 7) is 7.42. The maximum Gasteiger partial charge on any atom is 0.326 e. The highest BCUT2D eigenvalue weighted by Crippen LogP contribution is 2.48. The minimum absolute atomic E-state index is 0.682. The third-order valence-corrected chi connectivity index (χ3v) is 9.75. The molecule has 0 fully saturated rings. The van der Waals surface area contributed by atoms with Crippen LogP contribution in [-0.4, -0.2) is 28.4 Å². The largest absolute Gasteiger partial charge is 0.427 e. The number of benzene rings is 4. The highest BCUT2D eigenvalue weighted by molar-refractivity contribution is 7.27. The van der Waals surface area contributed by atoms with Crippen molar-refractivity contribution in [1.29, 1.82) is 0 Å². The van der Waals surface area contributed by atoms with Crippen molar-refractivity contribution in [2.45, 2.75) is 51.7 Å². The van der Waals surface area contributed by atoms with Gasteiger partial charge in [-0.25, -0.2) is 0 Å². The molecule has 1 radical (unpaired) electrons. The van der Waals surface area contributed by atoms with Gasteiger partial charge < -0.3 is 14.3 Å². The third-order valence-electron chi connectivity index (χ3n) is 8.58. The van der Waals surface area contributed by atoms with E-state index in [-0.39, 0.29) is 0 Å². The zero-order valence-electron chi connectivity index (χ0n) is 22.8. The van der Waals surface area contributed by atoms with E-state index in [2.05, 4.69) is 89.5 Å². The van der Waals surface area contributed by atoms with Crippen LogP contribution in [0.15, 0.2) is 90.4 Å². The maximum absolute atomic E-state index is 10.5. The van der Waals surface area contributed by atoms with E-state index in [9.17, 15) is 5.11 Å². The van der Waals surface area contributed by atoms with Gasteiger partial charge in [0, 0.05) is 31.9 Å². The van der Waals surface area contributed by atoms with Crippen molar-refractivity contribution in [2.75, 3.05) is 0 Å². The van der Waals surface area contributed by atoms with E-state index in [0.717, 1.165) is 18.3 Å². The molecular weight excluding hydrogens is 497 g/mol. The lowest BCUT2D eigenvalue weighted by Crippen LogP contribution is -2.48. The van der Waals surface area contributed by atoms with Gasteiger partial charge >= 0.3 is 7.48 Å². The topological polar surface area (TPSA) is 34.4 Å². The Kier molecular flexibility index (Phi) is 5.57. The molecule has 0 aliphatic heterocycles. The smallest absolute Gasteiger partial charge is 0.326 e. The minimum Gasteiger partial charge on any atom is -0.427 e. The first-order valence-corrected chi connectivity index (χ1v) is 14.4. The Morgan fingerprint density at radius 1 is 0.769 bits per heavy atom. The van der Waals surface area contributed by atoms with E-state index < -0.39 is 11.2 Å². The van der Waals surface area contributed by atoms with Crippen LogP contribution in [0.3, 0.4) is 0 Å². The Balaban J connectivity index is 1.47. The van der Waals surface area contributed by atoms with Gasteiger partial charge in [0.25, 0.3) is 0 Å². The normalized spacial score (nSPS) is 15.0. The highest BCUT2D eigenvalue weighted by atomic mass is 32.1. The SMILES string of the molecule is CC(C)(O)C(C)(C)O[B]C1=CC=C(n2c3ccccc3c3c4ccccc4c4c5ccccc5sc4c32)CC1. The number of para-hydroxylation sites is 1. The molecule has 1 aliphatic rings. The fourth-order valence-corrected chi connectivity index (χ4v) is 6.98. The quantitative estimate of drug-likeness (QED) is 0.227. The number of hydrogen-bond acceptors (Lipinski definition) is 3. The number of fused-ring (bicyclic) bond motifs is 10. The van der Waals surface area contributed by atoms with Crippen molar-refractivity contribution in [1.82, 2.24) is 4.57 Å². The van der Waals surface area contributed by atoms with Gasteiger partial charge in [0.05, 0.1) is 26.9 Å². The number of rotatable bonds is 5. The molecule has 0 saturated heterocycles. The van der Waals surface area contributed by atoms with Crippen LogP contribution in [0.4, 0.5) is 0 Å². The molecule has 0 unspecified atom stereocenters. The van der Waals surface area contributed by atoms with E-state index in [0.29, 0.717) is 0 Å².